The van der Waals surface area contributed by atoms with Crippen molar-refractivity contribution < 1.29 is 14.6 Å². The molecule has 0 spiro atoms. The molecular formula is C13H20NO3+. The first-order valence-electron chi connectivity index (χ1n) is 5.65. The van der Waals surface area contributed by atoms with E-state index in [0.29, 0.717) is 11.1 Å². The highest BCUT2D eigenvalue weighted by atomic mass is 16.5. The van der Waals surface area contributed by atoms with Crippen molar-refractivity contribution in [3.63, 3.8) is 0 Å². The number of phenols is 1. The summed E-state index contributed by atoms with van der Waals surface area (Å²) in [5, 5.41) is 9.67. The van der Waals surface area contributed by atoms with Crippen LogP contribution in [0.5, 0.6) is 5.75 Å². The molecule has 1 N–H and O–H groups in total. The average molecular weight is 238 g/mol. The highest BCUT2D eigenvalue weighted by molar-refractivity contribution is 5.74. The first kappa shape index (κ1) is 13.5. The Labute approximate surface area is 102 Å². The molecule has 0 fully saturated rings. The molecule has 1 aromatic carbocycles. The van der Waals surface area contributed by atoms with E-state index in [4.69, 9.17) is 4.74 Å². The number of aryl methyl sites for hydroxylation is 1. The van der Waals surface area contributed by atoms with Crippen LogP contribution >= 0.6 is 0 Å². The van der Waals surface area contributed by atoms with Gasteiger partial charge >= 0.3 is 5.97 Å². The van der Waals surface area contributed by atoms with E-state index in [1.807, 2.05) is 33.2 Å². The van der Waals surface area contributed by atoms with E-state index in [2.05, 4.69) is 0 Å². The van der Waals surface area contributed by atoms with Crippen molar-refractivity contribution in [3.8, 4) is 5.75 Å². The standard InChI is InChI=1S/C13H19NO3/c1-5-17-13(16)9-14(3,4)11-7-6-10(2)12(15)8-11/h6-8H,5,9H2,1-4H3/p+1. The molecule has 0 aliphatic rings. The van der Waals surface area contributed by atoms with Crippen LogP contribution in [-0.4, -0.2) is 38.3 Å². The molecule has 1 aromatic rings. The van der Waals surface area contributed by atoms with Crippen molar-refractivity contribution in [2.75, 3.05) is 27.2 Å². The van der Waals surface area contributed by atoms with E-state index in [9.17, 15) is 9.90 Å². The highest BCUT2D eigenvalue weighted by Gasteiger charge is 2.24. The van der Waals surface area contributed by atoms with Gasteiger partial charge in [-0.15, -0.1) is 0 Å². The van der Waals surface area contributed by atoms with Gasteiger partial charge < -0.3 is 9.84 Å². The van der Waals surface area contributed by atoms with E-state index < -0.39 is 0 Å². The monoisotopic (exact) mass is 238 g/mol. The van der Waals surface area contributed by atoms with Crippen LogP contribution in [0, 0.1) is 6.92 Å². The lowest BCUT2D eigenvalue weighted by molar-refractivity contribution is -0.143. The number of hydrogen-bond donors (Lipinski definition) is 1. The predicted octanol–water partition coefficient (Wildman–Crippen LogP) is 1.83. The molecule has 0 bridgehead atoms. The van der Waals surface area contributed by atoms with Gasteiger partial charge in [-0.2, -0.15) is 0 Å². The summed E-state index contributed by atoms with van der Waals surface area (Å²) >= 11 is 0. The second-order valence-corrected chi connectivity index (χ2v) is 4.62. The molecule has 0 aliphatic heterocycles. The van der Waals surface area contributed by atoms with Crippen molar-refractivity contribution >= 4 is 11.7 Å². The van der Waals surface area contributed by atoms with Gasteiger partial charge in [-0.1, -0.05) is 0 Å². The molecule has 0 aliphatic carbocycles. The minimum absolute atomic E-state index is 0.238. The van der Waals surface area contributed by atoms with E-state index in [-0.39, 0.29) is 18.3 Å². The lowest BCUT2D eigenvalue weighted by atomic mass is 10.2. The number of carbonyl (C=O) groups excluding carboxylic acids is 1. The number of benzene rings is 1. The quantitative estimate of drug-likeness (QED) is 0.643. The number of quaternary nitrogens is 1. The Bertz CT molecular complexity index is 413. The number of rotatable bonds is 4. The number of phenolic OH excluding ortho intramolecular Hbond substituents is 1. The van der Waals surface area contributed by atoms with E-state index in [1.165, 1.54) is 0 Å². The Hall–Kier alpha value is -1.55. The zero-order valence-electron chi connectivity index (χ0n) is 10.9. The Morgan fingerprint density at radius 3 is 2.59 bits per heavy atom. The zero-order valence-corrected chi connectivity index (χ0v) is 10.9. The highest BCUT2D eigenvalue weighted by Crippen LogP contribution is 2.26. The number of esters is 1. The Balaban J connectivity index is 2.88. The van der Waals surface area contributed by atoms with Gasteiger partial charge in [0, 0.05) is 6.07 Å². The topological polar surface area (TPSA) is 46.5 Å². The minimum atomic E-state index is -0.238. The third-order valence-corrected chi connectivity index (χ3v) is 2.72. The lowest BCUT2D eigenvalue weighted by Crippen LogP contribution is -2.45. The van der Waals surface area contributed by atoms with Crippen LogP contribution in [0.25, 0.3) is 0 Å². The van der Waals surface area contributed by atoms with Gasteiger partial charge in [0.1, 0.15) is 11.4 Å². The van der Waals surface area contributed by atoms with Crippen molar-refractivity contribution in [2.24, 2.45) is 0 Å². The maximum absolute atomic E-state index is 11.5. The fourth-order valence-corrected chi connectivity index (χ4v) is 1.59. The maximum atomic E-state index is 11.5. The molecule has 94 valence electrons. The van der Waals surface area contributed by atoms with Crippen LogP contribution in [0.4, 0.5) is 5.69 Å². The summed E-state index contributed by atoms with van der Waals surface area (Å²) in [6.07, 6.45) is 0. The first-order valence-corrected chi connectivity index (χ1v) is 5.65. The van der Waals surface area contributed by atoms with Crippen LogP contribution in [-0.2, 0) is 9.53 Å². The Kier molecular flexibility index (Phi) is 4.12. The van der Waals surface area contributed by atoms with E-state index in [1.54, 1.807) is 13.0 Å². The minimum Gasteiger partial charge on any atom is -0.507 e. The van der Waals surface area contributed by atoms with Gasteiger partial charge in [-0.25, -0.2) is 4.79 Å². The molecule has 0 unspecified atom stereocenters. The van der Waals surface area contributed by atoms with Gasteiger partial charge in [-0.3, -0.25) is 4.48 Å². The van der Waals surface area contributed by atoms with E-state index >= 15 is 0 Å². The maximum Gasteiger partial charge on any atom is 0.362 e. The number of ether oxygens (including phenoxy) is 1. The van der Waals surface area contributed by atoms with Crippen LogP contribution in [0.15, 0.2) is 18.2 Å². The molecule has 0 aromatic heterocycles. The summed E-state index contributed by atoms with van der Waals surface area (Å²) in [5.41, 5.74) is 1.70. The zero-order chi connectivity index (χ0) is 13.1. The third-order valence-electron chi connectivity index (χ3n) is 2.72. The van der Waals surface area contributed by atoms with Gasteiger partial charge in [0.2, 0.25) is 0 Å². The molecule has 0 saturated heterocycles. The summed E-state index contributed by atoms with van der Waals surface area (Å²) in [7, 11) is 3.81. The normalized spacial score (nSPS) is 11.3. The second-order valence-electron chi connectivity index (χ2n) is 4.62. The molecule has 0 amide bonds. The fraction of sp³-hybridized carbons (Fsp3) is 0.462. The third kappa shape index (κ3) is 3.46. The smallest absolute Gasteiger partial charge is 0.362 e. The van der Waals surface area contributed by atoms with Crippen LogP contribution in [0.3, 0.4) is 0 Å². The number of hydrogen-bond acceptors (Lipinski definition) is 3. The lowest BCUT2D eigenvalue weighted by Gasteiger charge is -2.28. The van der Waals surface area contributed by atoms with Crippen LogP contribution in [0.1, 0.15) is 12.5 Å². The van der Waals surface area contributed by atoms with Crippen molar-refractivity contribution in [3.05, 3.63) is 23.8 Å². The van der Waals surface area contributed by atoms with E-state index in [0.717, 1.165) is 11.3 Å². The molecular weight excluding hydrogens is 218 g/mol. The predicted molar refractivity (Wildman–Crippen MR) is 68.0 cm³/mol. The summed E-state index contributed by atoms with van der Waals surface area (Å²) in [5.74, 6) is 0.00937. The van der Waals surface area contributed by atoms with Crippen molar-refractivity contribution in [2.45, 2.75) is 13.8 Å². The average Bonchev–Trinajstić information content (AvgIpc) is 2.21. The molecule has 0 saturated carbocycles. The summed E-state index contributed by atoms with van der Waals surface area (Å²) in [4.78, 5) is 11.5. The van der Waals surface area contributed by atoms with Crippen molar-refractivity contribution in [1.29, 1.82) is 0 Å². The summed E-state index contributed by atoms with van der Waals surface area (Å²) < 4.78 is 5.29. The first-order chi connectivity index (χ1) is 7.86. The molecule has 4 nitrogen and oxygen atoms in total. The van der Waals surface area contributed by atoms with Crippen LogP contribution in [0.2, 0.25) is 0 Å². The van der Waals surface area contributed by atoms with Gasteiger partial charge in [0.05, 0.1) is 20.7 Å². The second kappa shape index (κ2) is 5.19. The number of likely N-dealkylation sites (N-methyl/N-ethyl adjacent to an activating group) is 1. The molecule has 0 atom stereocenters. The number of nitrogens with zero attached hydrogens (tertiary/aromatic N) is 1. The molecule has 0 heterocycles. The Morgan fingerprint density at radius 1 is 1.41 bits per heavy atom. The van der Waals surface area contributed by atoms with Crippen molar-refractivity contribution in [1.82, 2.24) is 4.48 Å². The molecule has 1 rings (SSSR count). The largest absolute Gasteiger partial charge is 0.507 e. The van der Waals surface area contributed by atoms with Crippen LogP contribution < -0.4 is 4.48 Å². The molecule has 17 heavy (non-hydrogen) atoms. The molecule has 4 heteroatoms. The SMILES string of the molecule is CCOC(=O)C[N+](C)(C)c1ccc(C)c(O)c1. The number of aromatic hydroxyl groups is 1. The summed E-state index contributed by atoms with van der Waals surface area (Å²) in [6.45, 7) is 4.26. The summed E-state index contributed by atoms with van der Waals surface area (Å²) in [6, 6.07) is 5.44. The number of carbonyl (C=O) groups is 1. The Morgan fingerprint density at radius 2 is 2.06 bits per heavy atom. The van der Waals surface area contributed by atoms with Gasteiger partial charge in [0.15, 0.2) is 6.54 Å². The van der Waals surface area contributed by atoms with Gasteiger partial charge in [-0.05, 0) is 31.5 Å². The van der Waals surface area contributed by atoms with Gasteiger partial charge in [0.25, 0.3) is 0 Å². The fourth-order valence-electron chi connectivity index (χ4n) is 1.59. The molecule has 0 radical (unpaired) electrons.